The third kappa shape index (κ3) is 3.23. The second-order valence-corrected chi connectivity index (χ2v) is 7.83. The SMILES string of the molecule is Cc1noc2nc(C(C)C)cc(C(=O)NCC(C)N3CCc4ccccc43)c12. The summed E-state index contributed by atoms with van der Waals surface area (Å²) in [5, 5.41) is 7.80. The van der Waals surface area contributed by atoms with E-state index in [-0.39, 0.29) is 17.9 Å². The molecule has 0 saturated heterocycles. The molecular formula is C22H26N4O2. The third-order valence-electron chi connectivity index (χ3n) is 5.49. The third-order valence-corrected chi connectivity index (χ3v) is 5.49. The number of benzene rings is 1. The molecule has 0 bridgehead atoms. The number of amides is 1. The molecule has 1 aliphatic rings. The Balaban J connectivity index is 1.54. The molecule has 3 heterocycles. The molecule has 146 valence electrons. The van der Waals surface area contributed by atoms with Crippen molar-refractivity contribution in [2.45, 2.75) is 46.1 Å². The summed E-state index contributed by atoms with van der Waals surface area (Å²) < 4.78 is 5.33. The van der Waals surface area contributed by atoms with Crippen molar-refractivity contribution < 1.29 is 9.32 Å². The van der Waals surface area contributed by atoms with Crippen molar-refractivity contribution in [3.8, 4) is 0 Å². The van der Waals surface area contributed by atoms with E-state index in [0.29, 0.717) is 28.9 Å². The number of fused-ring (bicyclic) bond motifs is 2. The Morgan fingerprint density at radius 3 is 2.86 bits per heavy atom. The quantitative estimate of drug-likeness (QED) is 0.730. The Bertz CT molecular complexity index is 1020. The summed E-state index contributed by atoms with van der Waals surface area (Å²) in [6.07, 6.45) is 1.05. The molecule has 0 radical (unpaired) electrons. The summed E-state index contributed by atoms with van der Waals surface area (Å²) in [7, 11) is 0. The second kappa shape index (κ2) is 7.26. The smallest absolute Gasteiger partial charge is 0.259 e. The van der Waals surface area contributed by atoms with Gasteiger partial charge in [0.05, 0.1) is 16.6 Å². The summed E-state index contributed by atoms with van der Waals surface area (Å²) in [4.78, 5) is 19.9. The fraction of sp³-hybridized carbons (Fsp3) is 0.409. The van der Waals surface area contributed by atoms with Crippen molar-refractivity contribution in [3.05, 3.63) is 52.8 Å². The highest BCUT2D eigenvalue weighted by atomic mass is 16.5. The molecule has 4 rings (SSSR count). The van der Waals surface area contributed by atoms with Crippen LogP contribution in [0.1, 0.15) is 54.0 Å². The van der Waals surface area contributed by atoms with Gasteiger partial charge in [-0.1, -0.05) is 37.2 Å². The van der Waals surface area contributed by atoms with E-state index >= 15 is 0 Å². The summed E-state index contributed by atoms with van der Waals surface area (Å²) >= 11 is 0. The topological polar surface area (TPSA) is 71.3 Å². The monoisotopic (exact) mass is 378 g/mol. The number of aryl methyl sites for hydroxylation is 1. The summed E-state index contributed by atoms with van der Waals surface area (Å²) in [6, 6.07) is 10.6. The largest absolute Gasteiger partial charge is 0.366 e. The Morgan fingerprint density at radius 2 is 2.07 bits per heavy atom. The number of hydrogen-bond donors (Lipinski definition) is 1. The van der Waals surface area contributed by atoms with Gasteiger partial charge in [0.1, 0.15) is 0 Å². The minimum Gasteiger partial charge on any atom is -0.366 e. The average Bonchev–Trinajstić information content (AvgIpc) is 3.29. The molecule has 1 unspecified atom stereocenters. The number of aromatic nitrogens is 2. The van der Waals surface area contributed by atoms with E-state index in [2.05, 4.69) is 51.5 Å². The fourth-order valence-electron chi connectivity index (χ4n) is 3.86. The van der Waals surface area contributed by atoms with Crippen LogP contribution < -0.4 is 10.2 Å². The molecule has 0 saturated carbocycles. The van der Waals surface area contributed by atoms with E-state index in [1.54, 1.807) is 0 Å². The zero-order valence-electron chi connectivity index (χ0n) is 16.8. The molecule has 0 aliphatic carbocycles. The fourth-order valence-corrected chi connectivity index (χ4v) is 3.86. The van der Waals surface area contributed by atoms with E-state index < -0.39 is 0 Å². The minimum atomic E-state index is -0.111. The highest BCUT2D eigenvalue weighted by molar-refractivity contribution is 6.06. The van der Waals surface area contributed by atoms with E-state index in [0.717, 1.165) is 18.7 Å². The zero-order valence-corrected chi connectivity index (χ0v) is 16.8. The maximum atomic E-state index is 13.0. The molecule has 1 N–H and O–H groups in total. The zero-order chi connectivity index (χ0) is 19.8. The summed E-state index contributed by atoms with van der Waals surface area (Å²) in [5.41, 5.74) is 5.17. The van der Waals surface area contributed by atoms with Gasteiger partial charge in [-0.05, 0) is 43.9 Å². The highest BCUT2D eigenvalue weighted by Gasteiger charge is 2.24. The van der Waals surface area contributed by atoms with E-state index in [1.165, 1.54) is 11.3 Å². The van der Waals surface area contributed by atoms with E-state index in [9.17, 15) is 4.79 Å². The highest BCUT2D eigenvalue weighted by Crippen LogP contribution is 2.29. The first-order chi connectivity index (χ1) is 13.5. The number of hydrogen-bond acceptors (Lipinski definition) is 5. The maximum absolute atomic E-state index is 13.0. The van der Waals surface area contributed by atoms with Crippen molar-refractivity contribution >= 4 is 22.7 Å². The van der Waals surface area contributed by atoms with Crippen LogP contribution in [0, 0.1) is 6.92 Å². The number of carbonyl (C=O) groups is 1. The molecule has 1 aromatic carbocycles. The number of nitrogens with one attached hydrogen (secondary N) is 1. The Kier molecular flexibility index (Phi) is 4.79. The molecule has 2 aromatic heterocycles. The Hall–Kier alpha value is -2.89. The van der Waals surface area contributed by atoms with Crippen LogP contribution in [0.5, 0.6) is 0 Å². The Labute approximate surface area is 164 Å². The van der Waals surface area contributed by atoms with Crippen LogP contribution in [-0.4, -0.2) is 35.2 Å². The standard InChI is InChI=1S/C22H26N4O2/c1-13(2)18-11-17(20-15(4)25-28-22(20)24-18)21(27)23-12-14(3)26-10-9-16-7-5-6-8-19(16)26/h5-8,11,13-14H,9-10,12H2,1-4H3,(H,23,27). The first-order valence-electron chi connectivity index (χ1n) is 9.85. The van der Waals surface area contributed by atoms with Crippen LogP contribution in [0.25, 0.3) is 11.1 Å². The van der Waals surface area contributed by atoms with Crippen LogP contribution >= 0.6 is 0 Å². The first kappa shape index (κ1) is 18.5. The Morgan fingerprint density at radius 1 is 1.29 bits per heavy atom. The van der Waals surface area contributed by atoms with Crippen molar-refractivity contribution in [3.63, 3.8) is 0 Å². The lowest BCUT2D eigenvalue weighted by molar-refractivity contribution is 0.0953. The van der Waals surface area contributed by atoms with Gasteiger partial charge in [0.15, 0.2) is 0 Å². The molecule has 28 heavy (non-hydrogen) atoms. The number of para-hydroxylation sites is 1. The summed E-state index contributed by atoms with van der Waals surface area (Å²) in [6.45, 7) is 9.63. The number of nitrogens with zero attached hydrogens (tertiary/aromatic N) is 3. The molecule has 1 amide bonds. The van der Waals surface area contributed by atoms with Gasteiger partial charge in [-0.15, -0.1) is 0 Å². The van der Waals surface area contributed by atoms with E-state index in [4.69, 9.17) is 4.52 Å². The van der Waals surface area contributed by atoms with Gasteiger partial charge in [0, 0.05) is 30.5 Å². The number of carbonyl (C=O) groups excluding carboxylic acids is 1. The van der Waals surface area contributed by atoms with Crippen molar-refractivity contribution in [2.24, 2.45) is 0 Å². The van der Waals surface area contributed by atoms with Gasteiger partial charge in [0.2, 0.25) is 0 Å². The first-order valence-corrected chi connectivity index (χ1v) is 9.85. The molecule has 6 heteroatoms. The lowest BCUT2D eigenvalue weighted by atomic mass is 10.0. The van der Waals surface area contributed by atoms with Crippen molar-refractivity contribution in [1.29, 1.82) is 0 Å². The lowest BCUT2D eigenvalue weighted by Gasteiger charge is -2.27. The predicted octanol–water partition coefficient (Wildman–Crippen LogP) is 3.84. The van der Waals surface area contributed by atoms with Gasteiger partial charge < -0.3 is 14.7 Å². The molecule has 1 atom stereocenters. The molecule has 6 nitrogen and oxygen atoms in total. The summed E-state index contributed by atoms with van der Waals surface area (Å²) in [5.74, 6) is 0.0845. The molecule has 3 aromatic rings. The predicted molar refractivity (Wildman–Crippen MR) is 110 cm³/mol. The van der Waals surface area contributed by atoms with Gasteiger partial charge in [0.25, 0.3) is 11.6 Å². The molecular weight excluding hydrogens is 352 g/mol. The van der Waals surface area contributed by atoms with Gasteiger partial charge >= 0.3 is 0 Å². The van der Waals surface area contributed by atoms with Gasteiger partial charge in [-0.25, -0.2) is 4.98 Å². The second-order valence-electron chi connectivity index (χ2n) is 7.83. The average molecular weight is 378 g/mol. The minimum absolute atomic E-state index is 0.111. The molecule has 0 fully saturated rings. The maximum Gasteiger partial charge on any atom is 0.259 e. The van der Waals surface area contributed by atoms with E-state index in [1.807, 2.05) is 26.8 Å². The van der Waals surface area contributed by atoms with Gasteiger partial charge in [-0.2, -0.15) is 0 Å². The lowest BCUT2D eigenvalue weighted by Crippen LogP contribution is -2.41. The van der Waals surface area contributed by atoms with Crippen LogP contribution in [-0.2, 0) is 6.42 Å². The number of pyridine rings is 1. The molecule has 0 spiro atoms. The van der Waals surface area contributed by atoms with Gasteiger partial charge in [-0.3, -0.25) is 4.79 Å². The number of anilines is 1. The number of rotatable bonds is 5. The van der Waals surface area contributed by atoms with Crippen LogP contribution in [0.3, 0.4) is 0 Å². The van der Waals surface area contributed by atoms with Crippen LogP contribution in [0.15, 0.2) is 34.9 Å². The van der Waals surface area contributed by atoms with Crippen molar-refractivity contribution in [2.75, 3.05) is 18.0 Å². The van der Waals surface area contributed by atoms with Crippen LogP contribution in [0.4, 0.5) is 5.69 Å². The normalized spacial score (nSPS) is 14.5. The molecule has 1 aliphatic heterocycles. The van der Waals surface area contributed by atoms with Crippen LogP contribution in [0.2, 0.25) is 0 Å². The van der Waals surface area contributed by atoms with Crippen molar-refractivity contribution in [1.82, 2.24) is 15.5 Å².